The largest absolute Gasteiger partial charge is 0.460 e. The molecule has 3 heterocycles. The average molecular weight is 556 g/mol. The normalized spacial score (nSPS) is 30.9. The van der Waals surface area contributed by atoms with Gasteiger partial charge < -0.3 is 29.5 Å². The number of anilines is 1. The summed E-state index contributed by atoms with van der Waals surface area (Å²) in [6.07, 6.45) is -2.46. The lowest BCUT2D eigenvalue weighted by Crippen LogP contribution is -2.85. The standard InChI is InChI=1S/C25H45N3O7Si2/c1-13(2)22(30)34-23-20-25(32,19(29)21(33-20)28-12-11-18(26)27-24(28)31)37(16(7)8,17(9)10)35-36(23,14(3)4)15(5)6/h11-17,19-21,23,29,32H,1-10H3,(H2,26,27,31)/t19-,20+,21+,23?,25+/m0/s1. The Morgan fingerprint density at radius 2 is 1.62 bits per heavy atom. The van der Waals surface area contributed by atoms with E-state index >= 15 is 0 Å². The lowest BCUT2D eigenvalue weighted by atomic mass is 10.1. The van der Waals surface area contributed by atoms with Crippen LogP contribution in [0.5, 0.6) is 0 Å². The molecule has 5 atom stereocenters. The molecule has 1 unspecified atom stereocenters. The summed E-state index contributed by atoms with van der Waals surface area (Å²) >= 11 is 0. The smallest absolute Gasteiger partial charge is 0.351 e. The van der Waals surface area contributed by atoms with Crippen molar-refractivity contribution in [3.05, 3.63) is 22.7 Å². The highest BCUT2D eigenvalue weighted by atomic mass is 28.4. The van der Waals surface area contributed by atoms with Crippen LogP contribution in [0.4, 0.5) is 5.82 Å². The lowest BCUT2D eigenvalue weighted by molar-refractivity contribution is -0.164. The first-order valence-corrected chi connectivity index (χ1v) is 17.5. The maximum absolute atomic E-state index is 13.1. The van der Waals surface area contributed by atoms with Crippen molar-refractivity contribution >= 4 is 28.4 Å². The summed E-state index contributed by atoms with van der Waals surface area (Å²) in [5.41, 5.74) is 3.85. The van der Waals surface area contributed by atoms with Gasteiger partial charge in [0.15, 0.2) is 6.23 Å². The van der Waals surface area contributed by atoms with Gasteiger partial charge in [0.1, 0.15) is 29.0 Å². The Balaban J connectivity index is 2.37. The third-order valence-electron chi connectivity index (χ3n) is 8.49. The van der Waals surface area contributed by atoms with Gasteiger partial charge in [-0.15, -0.1) is 0 Å². The van der Waals surface area contributed by atoms with E-state index in [9.17, 15) is 19.8 Å². The van der Waals surface area contributed by atoms with Crippen LogP contribution in [0.25, 0.3) is 0 Å². The zero-order valence-electron chi connectivity index (χ0n) is 23.8. The Morgan fingerprint density at radius 1 is 1.08 bits per heavy atom. The summed E-state index contributed by atoms with van der Waals surface area (Å²) in [7, 11) is -6.40. The van der Waals surface area contributed by atoms with E-state index in [4.69, 9.17) is 19.3 Å². The van der Waals surface area contributed by atoms with E-state index in [1.165, 1.54) is 12.3 Å². The number of nitrogen functional groups attached to an aromatic ring is 1. The highest BCUT2D eigenvalue weighted by molar-refractivity contribution is 6.93. The Bertz CT molecular complexity index is 1040. The number of aliphatic hydroxyl groups is 2. The molecule has 3 rings (SSSR count). The summed E-state index contributed by atoms with van der Waals surface area (Å²) in [4.78, 5) is 29.7. The molecule has 0 amide bonds. The molecule has 0 saturated carbocycles. The van der Waals surface area contributed by atoms with Crippen LogP contribution < -0.4 is 11.4 Å². The van der Waals surface area contributed by atoms with Crippen molar-refractivity contribution in [3.63, 3.8) is 0 Å². The van der Waals surface area contributed by atoms with Crippen LogP contribution in [0.1, 0.15) is 75.5 Å². The minimum atomic E-state index is -3.35. The minimum absolute atomic E-state index is 0.00657. The van der Waals surface area contributed by atoms with Gasteiger partial charge >= 0.3 is 11.7 Å². The number of nitrogens with zero attached hydrogens (tertiary/aromatic N) is 2. The SMILES string of the molecule is CC(C)C(=O)OC1[C@H]2O[C@@H](n3ccc(N)nc3=O)[C@H](O)[C@@]2(O)[Si](C(C)C)(C(C)C)O[Si]1(C(C)C)C(C)C. The van der Waals surface area contributed by atoms with Crippen molar-refractivity contribution in [2.45, 2.75) is 121 Å². The quantitative estimate of drug-likeness (QED) is 0.341. The third kappa shape index (κ3) is 4.24. The molecule has 1 aromatic rings. The molecular formula is C25H45N3O7Si2. The number of nitrogens with two attached hydrogens (primary N) is 1. The van der Waals surface area contributed by atoms with E-state index in [1.807, 2.05) is 27.7 Å². The van der Waals surface area contributed by atoms with E-state index in [-0.39, 0.29) is 28.0 Å². The van der Waals surface area contributed by atoms with Crippen molar-refractivity contribution in [2.24, 2.45) is 5.92 Å². The van der Waals surface area contributed by atoms with Gasteiger partial charge in [0, 0.05) is 6.20 Å². The van der Waals surface area contributed by atoms with Gasteiger partial charge in [0.05, 0.1) is 5.92 Å². The Labute approximate surface area is 221 Å². The first kappa shape index (κ1) is 30.0. The first-order chi connectivity index (χ1) is 17.0. The van der Waals surface area contributed by atoms with Crippen LogP contribution >= 0.6 is 0 Å². The Hall–Kier alpha value is -1.58. The molecule has 1 aromatic heterocycles. The maximum atomic E-state index is 13.1. The summed E-state index contributed by atoms with van der Waals surface area (Å²) in [6, 6.07) is 1.44. The number of aliphatic hydroxyl groups excluding tert-OH is 1. The number of hydrogen-bond donors (Lipinski definition) is 3. The second kappa shape index (κ2) is 10.2. The van der Waals surface area contributed by atoms with Crippen molar-refractivity contribution in [2.75, 3.05) is 5.73 Å². The molecule has 2 aliphatic rings. The van der Waals surface area contributed by atoms with Crippen molar-refractivity contribution in [1.29, 1.82) is 0 Å². The number of aromatic nitrogens is 2. The van der Waals surface area contributed by atoms with Crippen LogP contribution in [0.15, 0.2) is 17.1 Å². The molecule has 2 saturated heterocycles. The molecular weight excluding hydrogens is 510 g/mol. The number of rotatable bonds is 7. The molecule has 210 valence electrons. The highest BCUT2D eigenvalue weighted by Crippen LogP contribution is 2.60. The number of carbonyl (C=O) groups excluding carboxylic acids is 1. The molecule has 37 heavy (non-hydrogen) atoms. The van der Waals surface area contributed by atoms with E-state index in [0.717, 1.165) is 4.57 Å². The summed E-state index contributed by atoms with van der Waals surface area (Å²) in [5.74, 6) is -0.800. The lowest BCUT2D eigenvalue weighted by Gasteiger charge is -2.63. The first-order valence-electron chi connectivity index (χ1n) is 13.3. The van der Waals surface area contributed by atoms with E-state index in [2.05, 4.69) is 32.7 Å². The molecule has 2 aliphatic heterocycles. The fraction of sp³-hybridized carbons (Fsp3) is 0.800. The van der Waals surface area contributed by atoms with Gasteiger partial charge in [-0.3, -0.25) is 9.36 Å². The van der Waals surface area contributed by atoms with Crippen LogP contribution in [-0.4, -0.2) is 65.5 Å². The third-order valence-corrected chi connectivity index (χ3v) is 21.4. The van der Waals surface area contributed by atoms with E-state index in [0.29, 0.717) is 0 Å². The van der Waals surface area contributed by atoms with Gasteiger partial charge in [-0.05, 0) is 28.2 Å². The van der Waals surface area contributed by atoms with Gasteiger partial charge in [0.2, 0.25) is 16.6 Å². The number of esters is 1. The van der Waals surface area contributed by atoms with Gasteiger partial charge in [-0.1, -0.05) is 69.2 Å². The fourth-order valence-corrected chi connectivity index (χ4v) is 22.4. The fourth-order valence-electron chi connectivity index (χ4n) is 6.78. The van der Waals surface area contributed by atoms with Crippen molar-refractivity contribution in [1.82, 2.24) is 9.55 Å². The number of carbonyl (C=O) groups is 1. The predicted molar refractivity (Wildman–Crippen MR) is 145 cm³/mol. The van der Waals surface area contributed by atoms with Crippen molar-refractivity contribution in [3.8, 4) is 0 Å². The molecule has 12 heteroatoms. The Morgan fingerprint density at radius 3 is 2.05 bits per heavy atom. The minimum Gasteiger partial charge on any atom is -0.460 e. The molecule has 2 fully saturated rings. The van der Waals surface area contributed by atoms with Crippen molar-refractivity contribution < 1.29 is 28.6 Å². The number of fused-ring (bicyclic) bond motifs is 1. The summed E-state index contributed by atoms with van der Waals surface area (Å²) in [6.45, 7) is 19.8. The molecule has 4 N–H and O–H groups in total. The zero-order valence-corrected chi connectivity index (χ0v) is 25.8. The highest BCUT2D eigenvalue weighted by Gasteiger charge is 2.80. The molecule has 0 aromatic carbocycles. The van der Waals surface area contributed by atoms with Crippen LogP contribution in [0.3, 0.4) is 0 Å². The molecule has 0 aliphatic carbocycles. The zero-order chi connectivity index (χ0) is 28.2. The van der Waals surface area contributed by atoms with Gasteiger partial charge in [-0.2, -0.15) is 4.98 Å². The van der Waals surface area contributed by atoms with E-state index in [1.54, 1.807) is 13.8 Å². The average Bonchev–Trinajstić information content (AvgIpc) is 3.04. The second-order valence-corrected chi connectivity index (χ2v) is 22.2. The van der Waals surface area contributed by atoms with Crippen LogP contribution in [0, 0.1) is 5.92 Å². The molecule has 0 spiro atoms. The maximum Gasteiger partial charge on any atom is 0.351 e. The summed E-state index contributed by atoms with van der Waals surface area (Å²) < 4.78 is 21.2. The van der Waals surface area contributed by atoms with Gasteiger partial charge in [-0.25, -0.2) is 4.79 Å². The van der Waals surface area contributed by atoms with Crippen LogP contribution in [-0.2, 0) is 18.4 Å². The topological polar surface area (TPSA) is 146 Å². The van der Waals surface area contributed by atoms with Crippen LogP contribution in [0.2, 0.25) is 22.2 Å². The molecule has 0 radical (unpaired) electrons. The second-order valence-electron chi connectivity index (χ2n) is 12.1. The monoisotopic (exact) mass is 555 g/mol. The predicted octanol–water partition coefficient (Wildman–Crippen LogP) is 3.02. The number of ether oxygens (including phenoxy) is 2. The number of hydrogen-bond acceptors (Lipinski definition) is 9. The summed E-state index contributed by atoms with van der Waals surface area (Å²) in [5, 5.41) is 22.8. The Kier molecular flexibility index (Phi) is 8.26. The van der Waals surface area contributed by atoms with E-state index < -0.39 is 63.6 Å². The molecule has 0 bridgehead atoms. The molecule has 10 nitrogen and oxygen atoms in total. The van der Waals surface area contributed by atoms with Gasteiger partial charge in [0.25, 0.3) is 0 Å².